The Morgan fingerprint density at radius 1 is 0.440 bits per heavy atom. The summed E-state index contributed by atoms with van der Waals surface area (Å²) in [5.74, 6) is 2.12. The Balaban J connectivity index is 0.000000150. The standard InChI is InChI=1S/C24H25N5O.2C23H23N5O2.C14H17ClN4O3.C3H7N/c1-16-10-17(2)12-20(11-16)26-22-13-23(28(4)15-19-8-6-5-7-9-19)29-24(27-22)21(14-25-29)18(3)30;2*1-15-9-16(2)11-18(10-15)25-20-12-21(27(3)14-17-7-5-4-6-8-17)28-22(26-20)19(13-24-28)23(29)30;1-8(20)9-7-16-19-11(6-10(15)17-12(9)19)18(5)13(21)22-14(2,3)4;4-3-1-2-3/h5-14H,15H2,1-4H3,(H,26,27);2*4-13H,14H2,1-3H3,(H,25,26)(H,29,30);6-7H,1-5H3;3H,1-2,4H2. The van der Waals surface area contributed by atoms with E-state index in [9.17, 15) is 34.2 Å². The largest absolute Gasteiger partial charge is 0.477 e. The van der Waals surface area contributed by atoms with E-state index in [0.29, 0.717) is 82.7 Å². The third kappa shape index (κ3) is 21.6. The zero-order valence-electron chi connectivity index (χ0n) is 67.5. The van der Waals surface area contributed by atoms with Crippen LogP contribution >= 0.6 is 11.6 Å². The van der Waals surface area contributed by atoms with Crippen LogP contribution in [-0.2, 0) is 24.4 Å². The molecule has 7 N–H and O–H groups in total. The summed E-state index contributed by atoms with van der Waals surface area (Å²) in [7, 11) is 7.45. The molecule has 1 fully saturated rings. The third-order valence-corrected chi connectivity index (χ3v) is 18.3. The summed E-state index contributed by atoms with van der Waals surface area (Å²) in [6.07, 6.45) is 7.63. The Morgan fingerprint density at radius 2 is 0.716 bits per heavy atom. The Bertz CT molecular complexity index is 5380. The number of carboxylic acids is 2. The predicted molar refractivity (Wildman–Crippen MR) is 456 cm³/mol. The average molecular weight is 1580 g/mol. The van der Waals surface area contributed by atoms with Crippen LogP contribution < -0.4 is 41.3 Å². The van der Waals surface area contributed by atoms with Gasteiger partial charge in [0.1, 0.15) is 62.6 Å². The van der Waals surface area contributed by atoms with E-state index in [1.807, 2.05) is 156 Å². The molecule has 598 valence electrons. The molecular weight excluding hydrogens is 1490 g/mol. The maximum Gasteiger partial charge on any atom is 0.415 e. The number of Topliss-reactive ketones (excluding diaryl/α,β-unsaturated/α-hetero) is 2. The van der Waals surface area contributed by atoms with Gasteiger partial charge in [-0.2, -0.15) is 38.5 Å². The molecule has 1 saturated carbocycles. The number of anilines is 10. The molecule has 28 nitrogen and oxygen atoms in total. The molecule has 8 aromatic heterocycles. The number of fused-ring (bicyclic) bond motifs is 4. The molecule has 29 heteroatoms. The summed E-state index contributed by atoms with van der Waals surface area (Å²) in [6.45, 7) is 22.5. The molecule has 0 atom stereocenters. The SMILES string of the molecule is CC(=O)c1cnn2c(N(C)C(=O)OC(C)(C)C)cc(Cl)nc12.CC(=O)c1cnn2c(N(C)Cc3ccccc3)cc(Nc3cc(C)cc(C)c3)nc12.Cc1cc(C)cc(Nc2cc(N(C)Cc3ccccc3)n3ncc(C(=O)O)c3n2)c1.Cc1cc(C)cc(Nc2cc(N(C)Cc3ccccc3)n3ncc(C(=O)O)c3n2)c1.NC1CC1. The summed E-state index contributed by atoms with van der Waals surface area (Å²) in [5.41, 5.74) is 20.1. The van der Waals surface area contributed by atoms with Crippen molar-refractivity contribution in [1.29, 1.82) is 0 Å². The van der Waals surface area contributed by atoms with Gasteiger partial charge in [0.05, 0.1) is 35.9 Å². The van der Waals surface area contributed by atoms with Crippen molar-refractivity contribution < 1.29 is 38.9 Å². The molecule has 0 spiro atoms. The summed E-state index contributed by atoms with van der Waals surface area (Å²) in [5, 5.41) is 46.4. The van der Waals surface area contributed by atoms with E-state index in [1.54, 1.807) is 40.5 Å². The van der Waals surface area contributed by atoms with Crippen LogP contribution in [0.4, 0.5) is 62.6 Å². The van der Waals surface area contributed by atoms with E-state index in [-0.39, 0.29) is 27.8 Å². The van der Waals surface area contributed by atoms with Gasteiger partial charge in [-0.05, 0) is 175 Å². The summed E-state index contributed by atoms with van der Waals surface area (Å²) in [4.78, 5) is 84.6. The molecule has 116 heavy (non-hydrogen) atoms. The number of nitrogens with two attached hydrogens (primary N) is 1. The molecule has 8 heterocycles. The molecular formula is C87H95ClN20O8. The highest BCUT2D eigenvalue weighted by molar-refractivity contribution is 6.30. The van der Waals surface area contributed by atoms with Crippen LogP contribution in [0.15, 0.2) is 195 Å². The number of rotatable bonds is 20. The number of benzene rings is 6. The number of aryl methyl sites for hydroxylation is 6. The first kappa shape index (κ1) is 83.3. The molecule has 0 aliphatic heterocycles. The van der Waals surface area contributed by atoms with Gasteiger partial charge in [-0.15, -0.1) is 0 Å². The number of aromatic carboxylic acids is 2. The lowest BCUT2D eigenvalue weighted by molar-refractivity contribution is 0.0585. The highest BCUT2D eigenvalue weighted by atomic mass is 35.5. The normalized spacial score (nSPS) is 11.6. The van der Waals surface area contributed by atoms with Gasteiger partial charge in [0, 0.05) is 95.2 Å². The topological polar surface area (TPSA) is 331 Å². The van der Waals surface area contributed by atoms with E-state index in [1.165, 1.54) is 84.5 Å². The fraction of sp³-hybridized carbons (Fsp3) is 0.253. The Morgan fingerprint density at radius 3 is 0.991 bits per heavy atom. The number of hydrogen-bond donors (Lipinski definition) is 6. The molecule has 0 radical (unpaired) electrons. The number of nitrogens with zero attached hydrogens (tertiary/aromatic N) is 16. The lowest BCUT2D eigenvalue weighted by atomic mass is 10.1. The average Bonchev–Trinajstić information content (AvgIpc) is 1.62. The molecule has 6 aromatic carbocycles. The molecule has 0 saturated heterocycles. The van der Waals surface area contributed by atoms with Gasteiger partial charge in [-0.3, -0.25) is 14.5 Å². The van der Waals surface area contributed by atoms with E-state index in [2.05, 4.69) is 137 Å². The minimum atomic E-state index is -1.06. The number of nitrogens with one attached hydrogen (secondary N) is 3. The first-order valence-corrected chi connectivity index (χ1v) is 37.8. The van der Waals surface area contributed by atoms with Gasteiger partial charge in [0.25, 0.3) is 0 Å². The van der Waals surface area contributed by atoms with Crippen LogP contribution in [0.3, 0.4) is 0 Å². The maximum atomic E-state index is 12.2. The number of halogens is 1. The minimum absolute atomic E-state index is 0.0577. The monoisotopic (exact) mass is 1580 g/mol. The Labute approximate surface area is 677 Å². The lowest BCUT2D eigenvalue weighted by Gasteiger charge is -2.24. The van der Waals surface area contributed by atoms with Crippen LogP contribution in [0.25, 0.3) is 22.6 Å². The Hall–Kier alpha value is -13.6. The van der Waals surface area contributed by atoms with Crippen LogP contribution in [0.5, 0.6) is 0 Å². The molecule has 1 aliphatic rings. The molecule has 0 bridgehead atoms. The fourth-order valence-corrected chi connectivity index (χ4v) is 12.9. The van der Waals surface area contributed by atoms with Crippen LogP contribution in [0, 0.1) is 41.5 Å². The molecule has 14 aromatic rings. The van der Waals surface area contributed by atoms with Crippen molar-refractivity contribution in [3.8, 4) is 0 Å². The lowest BCUT2D eigenvalue weighted by Crippen LogP contribution is -2.35. The second-order valence-corrected chi connectivity index (χ2v) is 30.1. The van der Waals surface area contributed by atoms with E-state index in [4.69, 9.17) is 27.1 Å². The van der Waals surface area contributed by atoms with E-state index in [0.717, 1.165) is 67.9 Å². The number of carbonyl (C=O) groups is 5. The van der Waals surface area contributed by atoms with E-state index < -0.39 is 23.6 Å². The van der Waals surface area contributed by atoms with Gasteiger partial charge in [0.15, 0.2) is 34.2 Å². The van der Waals surface area contributed by atoms with Crippen molar-refractivity contribution in [3.05, 3.63) is 272 Å². The van der Waals surface area contributed by atoms with Crippen molar-refractivity contribution >= 4 is 122 Å². The molecule has 15 rings (SSSR count). The fourth-order valence-electron chi connectivity index (χ4n) is 12.7. The van der Waals surface area contributed by atoms with Gasteiger partial charge in [-0.25, -0.2) is 34.3 Å². The number of ketones is 2. The second kappa shape index (κ2) is 36.5. The molecule has 1 aliphatic carbocycles. The van der Waals surface area contributed by atoms with Gasteiger partial charge < -0.3 is 51.3 Å². The molecule has 1 amide bonds. The van der Waals surface area contributed by atoms with Crippen molar-refractivity contribution in [1.82, 2.24) is 58.4 Å². The summed E-state index contributed by atoms with van der Waals surface area (Å²) >= 11 is 6.00. The Kier molecular flexibility index (Phi) is 26.2. The zero-order chi connectivity index (χ0) is 83.4. The summed E-state index contributed by atoms with van der Waals surface area (Å²) in [6, 6.07) is 56.8. The number of hydrogen-bond acceptors (Lipinski definition) is 21. The van der Waals surface area contributed by atoms with Crippen molar-refractivity contribution in [2.45, 2.75) is 120 Å². The first-order valence-electron chi connectivity index (χ1n) is 37.4. The van der Waals surface area contributed by atoms with Crippen LogP contribution in [0.1, 0.15) is 139 Å². The smallest absolute Gasteiger partial charge is 0.415 e. The van der Waals surface area contributed by atoms with Crippen molar-refractivity contribution in [2.75, 3.05) is 63.7 Å². The quantitative estimate of drug-likeness (QED) is 0.0305. The maximum absolute atomic E-state index is 12.2. The first-order chi connectivity index (χ1) is 55.2. The number of carboxylic acid groups (broad SMARTS) is 2. The number of ether oxygens (including phenoxy) is 1. The van der Waals surface area contributed by atoms with Crippen LogP contribution in [-0.4, -0.2) is 138 Å². The highest BCUT2D eigenvalue weighted by Crippen LogP contribution is 2.32. The summed E-state index contributed by atoms with van der Waals surface area (Å²) < 4.78 is 11.6. The van der Waals surface area contributed by atoms with Crippen LogP contribution in [0.2, 0.25) is 5.15 Å². The van der Waals surface area contributed by atoms with E-state index >= 15 is 0 Å². The number of amides is 1. The third-order valence-electron chi connectivity index (χ3n) is 18.1. The second-order valence-electron chi connectivity index (χ2n) is 29.7. The van der Waals surface area contributed by atoms with Crippen molar-refractivity contribution in [3.63, 3.8) is 0 Å². The van der Waals surface area contributed by atoms with Gasteiger partial charge >= 0.3 is 18.0 Å². The van der Waals surface area contributed by atoms with Gasteiger partial charge in [-0.1, -0.05) is 121 Å². The minimum Gasteiger partial charge on any atom is -0.477 e. The van der Waals surface area contributed by atoms with Crippen molar-refractivity contribution in [2.24, 2.45) is 5.73 Å². The number of carbonyl (C=O) groups excluding carboxylic acids is 3. The zero-order valence-corrected chi connectivity index (χ0v) is 68.3. The van der Waals surface area contributed by atoms with Gasteiger partial charge in [0.2, 0.25) is 0 Å². The number of aromatic nitrogens is 12. The highest BCUT2D eigenvalue weighted by Gasteiger charge is 2.27. The molecule has 0 unspecified atom stereocenters. The predicted octanol–water partition coefficient (Wildman–Crippen LogP) is 16.8.